The van der Waals surface area contributed by atoms with Crippen LogP contribution in [0.15, 0.2) is 230 Å². The van der Waals surface area contributed by atoms with Crippen LogP contribution in [0.4, 0.5) is 34.1 Å². The predicted octanol–water partition coefficient (Wildman–Crippen LogP) is 20.5. The fourth-order valence-corrected chi connectivity index (χ4v) is 13.6. The first-order valence-corrected chi connectivity index (χ1v) is 31.2. The summed E-state index contributed by atoms with van der Waals surface area (Å²) in [4.78, 5) is 4.75. The van der Waals surface area contributed by atoms with Gasteiger partial charge in [-0.2, -0.15) is 10.5 Å². The first-order valence-electron chi connectivity index (χ1n) is 33.7. The Kier molecular flexibility index (Phi) is 12.3. The summed E-state index contributed by atoms with van der Waals surface area (Å²) in [7, 11) is 0. The van der Waals surface area contributed by atoms with Gasteiger partial charge in [-0.15, -0.1) is 0 Å². The highest BCUT2D eigenvalue weighted by Crippen LogP contribution is 2.53. The number of hydrogen-bond donors (Lipinski definition) is 0. The van der Waals surface area contributed by atoms with E-state index in [-0.39, 0.29) is 33.9 Å². The molecule has 0 saturated heterocycles. The van der Waals surface area contributed by atoms with Gasteiger partial charge in [-0.25, -0.2) is 0 Å². The van der Waals surface area contributed by atoms with Crippen LogP contribution in [0.3, 0.4) is 0 Å². The lowest BCUT2D eigenvalue weighted by atomic mass is 9.33. The number of nitrogens with zero attached hydrogens (tertiary/aromatic N) is 5. The monoisotopic (exact) mass is 1170 g/mol. The Bertz CT molecular complexity index is 5190. The molecular formula is C84H74BN5. The molecule has 2 aliphatic heterocycles. The molecule has 11 aromatic carbocycles. The molecule has 0 fully saturated rings. The van der Waals surface area contributed by atoms with Crippen LogP contribution in [-0.2, 0) is 21.7 Å². The number of nitriles is 2. The minimum absolute atomic E-state index is 0.0800. The number of fused-ring (bicyclic) bond motifs is 7. The third kappa shape index (κ3) is 9.69. The highest BCUT2D eigenvalue weighted by atomic mass is 15.2. The van der Waals surface area contributed by atoms with Crippen molar-refractivity contribution in [2.45, 2.75) is 105 Å². The molecule has 0 aliphatic carbocycles. The molecule has 0 saturated carbocycles. The summed E-state index contributed by atoms with van der Waals surface area (Å²) in [5.74, 6) is 0. The van der Waals surface area contributed by atoms with Crippen LogP contribution in [0, 0.1) is 22.7 Å². The van der Waals surface area contributed by atoms with Crippen LogP contribution in [-0.4, -0.2) is 11.3 Å². The van der Waals surface area contributed by atoms with Crippen LogP contribution in [0.2, 0.25) is 0 Å². The first-order chi connectivity index (χ1) is 45.2. The molecule has 0 atom stereocenters. The Balaban J connectivity index is 1.16. The van der Waals surface area contributed by atoms with Crippen LogP contribution in [0.25, 0.3) is 72.0 Å². The average molecular weight is 1170 g/mol. The lowest BCUT2D eigenvalue weighted by molar-refractivity contribution is 0.590. The number of benzene rings is 11. The van der Waals surface area contributed by atoms with Gasteiger partial charge >= 0.3 is 0 Å². The van der Waals surface area contributed by atoms with Crippen LogP contribution < -0.4 is 26.2 Å². The van der Waals surface area contributed by atoms with Gasteiger partial charge < -0.3 is 14.4 Å². The zero-order valence-electron chi connectivity index (χ0n) is 58.4. The lowest BCUT2D eigenvalue weighted by Crippen LogP contribution is -2.61. The maximum Gasteiger partial charge on any atom is 0.252 e. The van der Waals surface area contributed by atoms with E-state index >= 15 is 0 Å². The molecule has 438 valence electrons. The third-order valence-corrected chi connectivity index (χ3v) is 18.5. The Hall–Kier alpha value is -10.1. The highest BCUT2D eigenvalue weighted by Gasteiger charge is 2.46. The molecule has 12 aromatic rings. The number of rotatable bonds is 7. The SMILES string of the molecule is [2H]c1c([2H])c([2H])c(-c2ccc3c(c2)N(c2cccc(-n4c5ccc(C#N)cc5c5cc(C(C)(C)C)ccc54)c2C#N)c2cc(C(C)(C)C)cc4c2B3c2cc(-c3cccc(C(C)(C)C)c3)ccc2N4c2c(-c3ccccc3)cc(C(C)(C)C)cc2-c2ccccc2)c([2H])c1[2H]. The Morgan fingerprint density at radius 1 is 0.367 bits per heavy atom. The van der Waals surface area contributed by atoms with Crippen molar-refractivity contribution in [2.75, 3.05) is 9.80 Å². The second kappa shape index (κ2) is 21.3. The van der Waals surface area contributed by atoms with Crippen molar-refractivity contribution in [1.29, 1.82) is 10.5 Å². The number of aromatic nitrogens is 1. The van der Waals surface area contributed by atoms with Crippen LogP contribution >= 0.6 is 0 Å². The summed E-state index contributed by atoms with van der Waals surface area (Å²) in [5.41, 5.74) is 21.8. The normalized spacial score (nSPS) is 13.8. The minimum atomic E-state index is -0.468. The lowest BCUT2D eigenvalue weighted by Gasteiger charge is -2.46. The van der Waals surface area contributed by atoms with E-state index in [1.165, 1.54) is 11.1 Å². The smallest absolute Gasteiger partial charge is 0.252 e. The zero-order chi connectivity index (χ0) is 67.1. The number of hydrogen-bond acceptors (Lipinski definition) is 4. The van der Waals surface area contributed by atoms with Crippen LogP contribution in [0.1, 0.15) is 123 Å². The van der Waals surface area contributed by atoms with E-state index in [1.54, 1.807) is 0 Å². The molecule has 0 bridgehead atoms. The second-order valence-electron chi connectivity index (χ2n) is 28.5. The molecule has 0 amide bonds. The molecule has 0 radical (unpaired) electrons. The van der Waals surface area contributed by atoms with Crippen molar-refractivity contribution in [3.8, 4) is 62.3 Å². The van der Waals surface area contributed by atoms with Crippen molar-refractivity contribution in [3.05, 3.63) is 264 Å². The quantitative estimate of drug-likeness (QED) is 0.149. The van der Waals surface area contributed by atoms with E-state index < -0.39 is 30.3 Å². The maximum atomic E-state index is 12.3. The van der Waals surface area contributed by atoms with Gasteiger partial charge in [-0.05, 0) is 173 Å². The molecule has 6 heteroatoms. The molecule has 3 heterocycles. The third-order valence-electron chi connectivity index (χ3n) is 18.5. The topological polar surface area (TPSA) is 59.0 Å². The fraction of sp³-hybridized carbons (Fsp3) is 0.190. The summed E-state index contributed by atoms with van der Waals surface area (Å²) in [6.07, 6.45) is 0. The summed E-state index contributed by atoms with van der Waals surface area (Å²) < 4.78 is 47.6. The Morgan fingerprint density at radius 3 is 1.52 bits per heavy atom. The van der Waals surface area contributed by atoms with Crippen molar-refractivity contribution in [1.82, 2.24) is 4.57 Å². The van der Waals surface area contributed by atoms with Crippen molar-refractivity contribution in [2.24, 2.45) is 0 Å². The van der Waals surface area contributed by atoms with E-state index in [2.05, 4.69) is 261 Å². The summed E-state index contributed by atoms with van der Waals surface area (Å²) in [6.45, 7) is 26.4. The van der Waals surface area contributed by atoms with Crippen molar-refractivity contribution >= 4 is 79.0 Å². The second-order valence-corrected chi connectivity index (χ2v) is 28.5. The average Bonchev–Trinajstić information content (AvgIpc) is 1.15. The van der Waals surface area contributed by atoms with Crippen molar-refractivity contribution < 1.29 is 6.85 Å². The fourth-order valence-electron chi connectivity index (χ4n) is 13.6. The standard InChI is InChI=1S/C84H74BN5/c1-81(2,3)60-31-22-30-57(43-60)58-36-40-75-70(44-58)85-69-38-35-59(54-24-16-13-17-25-54)45-76(69)89(72-33-23-32-71(68(72)52-87)88-73-39-34-53(51-86)42-66(73)67-46-61(82(4,5)6)37-41-74(67)88)77-49-63(84(10,11)12)50-78(79(77)85)90(75)80-64(55-26-18-14-19-27-55)47-62(83(7,8)9)48-65(80)56-28-20-15-21-29-56/h13-50H,1-12H3/i13D,16D,17D,24D,25D. The molecule has 0 unspecified atom stereocenters. The molecule has 5 nitrogen and oxygen atoms in total. The van der Waals surface area contributed by atoms with Gasteiger partial charge in [-0.1, -0.05) is 235 Å². The largest absolute Gasteiger partial charge is 0.310 e. The van der Waals surface area contributed by atoms with E-state index in [1.807, 2.05) is 48.5 Å². The van der Waals surface area contributed by atoms with Gasteiger partial charge in [0.1, 0.15) is 11.6 Å². The van der Waals surface area contributed by atoms with E-state index in [0.717, 1.165) is 105 Å². The predicted molar refractivity (Wildman–Crippen MR) is 381 cm³/mol. The van der Waals surface area contributed by atoms with E-state index in [0.29, 0.717) is 33.8 Å². The molecule has 0 N–H and O–H groups in total. The molecule has 2 aliphatic rings. The van der Waals surface area contributed by atoms with Gasteiger partial charge in [0.05, 0.1) is 46.6 Å². The zero-order valence-corrected chi connectivity index (χ0v) is 53.4. The van der Waals surface area contributed by atoms with Gasteiger partial charge in [0, 0.05) is 44.6 Å². The summed E-state index contributed by atoms with van der Waals surface area (Å²) >= 11 is 0. The van der Waals surface area contributed by atoms with Crippen LogP contribution in [0.5, 0.6) is 0 Å². The van der Waals surface area contributed by atoms with Gasteiger partial charge in [-0.3, -0.25) is 0 Å². The van der Waals surface area contributed by atoms with Gasteiger partial charge in [0.25, 0.3) is 6.71 Å². The molecule has 1 aromatic heterocycles. The highest BCUT2D eigenvalue weighted by molar-refractivity contribution is 7.00. The van der Waals surface area contributed by atoms with E-state index in [9.17, 15) is 13.3 Å². The Morgan fingerprint density at radius 2 is 0.900 bits per heavy atom. The number of anilines is 6. The maximum absolute atomic E-state index is 12.3. The molecule has 90 heavy (non-hydrogen) atoms. The molecule has 14 rings (SSSR count). The summed E-state index contributed by atoms with van der Waals surface area (Å²) in [5, 5.41) is 24.5. The van der Waals surface area contributed by atoms with Gasteiger partial charge in [0.2, 0.25) is 0 Å². The first kappa shape index (κ1) is 51.9. The Labute approximate surface area is 538 Å². The van der Waals surface area contributed by atoms with Crippen molar-refractivity contribution in [3.63, 3.8) is 0 Å². The van der Waals surface area contributed by atoms with E-state index in [4.69, 9.17) is 4.11 Å². The van der Waals surface area contributed by atoms with Gasteiger partial charge in [0.15, 0.2) is 0 Å². The molecular weight excluding hydrogens is 1090 g/mol. The molecule has 0 spiro atoms. The minimum Gasteiger partial charge on any atom is -0.310 e. The summed E-state index contributed by atoms with van der Waals surface area (Å²) in [6, 6.07) is 74.3.